The number of carbonyl (C=O) groups excluding carboxylic acids is 1. The van der Waals surface area contributed by atoms with Crippen LogP contribution in [0.4, 0.5) is 4.39 Å². The minimum Gasteiger partial charge on any atom is -0.352 e. The number of benzene rings is 2. The van der Waals surface area contributed by atoms with E-state index in [4.69, 9.17) is 0 Å². The Labute approximate surface area is 134 Å². The van der Waals surface area contributed by atoms with Gasteiger partial charge in [0.05, 0.1) is 6.67 Å². The highest BCUT2D eigenvalue weighted by molar-refractivity contribution is 6.13. The van der Waals surface area contributed by atoms with E-state index in [2.05, 4.69) is 22.0 Å². The van der Waals surface area contributed by atoms with Crippen molar-refractivity contribution in [2.75, 3.05) is 13.2 Å². The molecule has 1 amide bonds. The number of carbonyl (C=O) groups is 1. The summed E-state index contributed by atoms with van der Waals surface area (Å²) in [6.45, 7) is 1.06. The predicted octanol–water partition coefficient (Wildman–Crippen LogP) is 3.83. The standard InChI is InChI=1S/C19H19FN2O/c20-10-4-12-22-16-7-2-1-5-15(16)18-13-6-3-11-21-19(23)14(13)8-9-17(18)22/h1-2,5,7-9H,3-4,6,10-12H2,(H,21,23). The van der Waals surface area contributed by atoms with Crippen LogP contribution >= 0.6 is 0 Å². The summed E-state index contributed by atoms with van der Waals surface area (Å²) in [7, 11) is 0. The normalized spacial score (nSPS) is 14.7. The van der Waals surface area contributed by atoms with Gasteiger partial charge in [0, 0.05) is 40.5 Å². The fraction of sp³-hybridized carbons (Fsp3) is 0.316. The van der Waals surface area contributed by atoms with Crippen molar-refractivity contribution in [3.8, 4) is 0 Å². The molecule has 0 atom stereocenters. The molecule has 3 nitrogen and oxygen atoms in total. The summed E-state index contributed by atoms with van der Waals surface area (Å²) in [5.74, 6) is 0.0139. The van der Waals surface area contributed by atoms with Crippen molar-refractivity contribution in [3.63, 3.8) is 0 Å². The lowest BCUT2D eigenvalue weighted by Crippen LogP contribution is -2.22. The van der Waals surface area contributed by atoms with E-state index in [1.165, 1.54) is 0 Å². The van der Waals surface area contributed by atoms with Crippen LogP contribution in [0.3, 0.4) is 0 Å². The Morgan fingerprint density at radius 2 is 2.00 bits per heavy atom. The van der Waals surface area contributed by atoms with Crippen LogP contribution in [0.15, 0.2) is 36.4 Å². The number of halogens is 1. The maximum Gasteiger partial charge on any atom is 0.251 e. The van der Waals surface area contributed by atoms with Crippen LogP contribution < -0.4 is 5.32 Å². The average molecular weight is 310 g/mol. The molecule has 23 heavy (non-hydrogen) atoms. The summed E-state index contributed by atoms with van der Waals surface area (Å²) >= 11 is 0. The first-order chi connectivity index (χ1) is 11.3. The molecular formula is C19H19FN2O. The van der Waals surface area contributed by atoms with Gasteiger partial charge in [0.15, 0.2) is 0 Å². The van der Waals surface area contributed by atoms with Crippen LogP contribution in [0.5, 0.6) is 0 Å². The number of fused-ring (bicyclic) bond motifs is 5. The fourth-order valence-corrected chi connectivity index (χ4v) is 3.70. The average Bonchev–Trinajstić information content (AvgIpc) is 2.78. The highest BCUT2D eigenvalue weighted by Crippen LogP contribution is 2.34. The van der Waals surface area contributed by atoms with Crippen molar-refractivity contribution >= 4 is 27.7 Å². The van der Waals surface area contributed by atoms with Gasteiger partial charge in [0.2, 0.25) is 0 Å². The minimum atomic E-state index is -0.318. The monoisotopic (exact) mass is 310 g/mol. The highest BCUT2D eigenvalue weighted by Gasteiger charge is 2.21. The van der Waals surface area contributed by atoms with E-state index in [1.807, 2.05) is 24.3 Å². The molecule has 1 aliphatic rings. The van der Waals surface area contributed by atoms with Crippen LogP contribution in [0.25, 0.3) is 21.8 Å². The third kappa shape index (κ3) is 2.21. The van der Waals surface area contributed by atoms with Crippen molar-refractivity contribution < 1.29 is 9.18 Å². The first-order valence-corrected chi connectivity index (χ1v) is 8.18. The molecular weight excluding hydrogens is 291 g/mol. The summed E-state index contributed by atoms with van der Waals surface area (Å²) in [5, 5.41) is 5.28. The molecule has 0 saturated carbocycles. The van der Waals surface area contributed by atoms with Crippen molar-refractivity contribution in [2.24, 2.45) is 0 Å². The molecule has 0 bridgehead atoms. The van der Waals surface area contributed by atoms with Crippen LogP contribution in [0.1, 0.15) is 28.8 Å². The predicted molar refractivity (Wildman–Crippen MR) is 90.7 cm³/mol. The van der Waals surface area contributed by atoms with E-state index in [0.717, 1.165) is 52.3 Å². The van der Waals surface area contributed by atoms with Gasteiger partial charge in [0.25, 0.3) is 5.91 Å². The Kier molecular flexibility index (Phi) is 3.52. The molecule has 0 radical (unpaired) electrons. The molecule has 1 aliphatic heterocycles. The summed E-state index contributed by atoms with van der Waals surface area (Å²) in [4.78, 5) is 12.3. The van der Waals surface area contributed by atoms with Crippen molar-refractivity contribution in [2.45, 2.75) is 25.8 Å². The minimum absolute atomic E-state index is 0.0139. The van der Waals surface area contributed by atoms with E-state index < -0.39 is 0 Å². The summed E-state index contributed by atoms with van der Waals surface area (Å²) in [5.41, 5.74) is 4.14. The number of hydrogen-bond acceptors (Lipinski definition) is 1. The topological polar surface area (TPSA) is 34.0 Å². The maximum atomic E-state index is 12.7. The second kappa shape index (κ2) is 5.69. The van der Waals surface area contributed by atoms with Crippen LogP contribution in [0.2, 0.25) is 0 Å². The number of aryl methyl sites for hydroxylation is 2. The molecule has 0 aliphatic carbocycles. The number of amides is 1. The number of aromatic nitrogens is 1. The molecule has 0 fully saturated rings. The number of rotatable bonds is 3. The highest BCUT2D eigenvalue weighted by atomic mass is 19.1. The van der Waals surface area contributed by atoms with E-state index in [-0.39, 0.29) is 12.6 Å². The zero-order valence-corrected chi connectivity index (χ0v) is 12.9. The molecule has 4 rings (SSSR count). The van der Waals surface area contributed by atoms with Crippen LogP contribution in [0, 0.1) is 0 Å². The zero-order valence-electron chi connectivity index (χ0n) is 12.9. The lowest BCUT2D eigenvalue weighted by atomic mass is 9.97. The lowest BCUT2D eigenvalue weighted by Gasteiger charge is -2.09. The molecule has 1 aromatic heterocycles. The lowest BCUT2D eigenvalue weighted by molar-refractivity contribution is 0.0956. The van der Waals surface area contributed by atoms with Crippen molar-refractivity contribution in [3.05, 3.63) is 47.5 Å². The molecule has 0 spiro atoms. The van der Waals surface area contributed by atoms with E-state index in [1.54, 1.807) is 0 Å². The van der Waals surface area contributed by atoms with E-state index >= 15 is 0 Å². The maximum absolute atomic E-state index is 12.7. The molecule has 0 unspecified atom stereocenters. The van der Waals surface area contributed by atoms with Crippen molar-refractivity contribution in [1.29, 1.82) is 0 Å². The molecule has 4 heteroatoms. The van der Waals surface area contributed by atoms with Crippen molar-refractivity contribution in [1.82, 2.24) is 9.88 Å². The summed E-state index contributed by atoms with van der Waals surface area (Å²) in [6.07, 6.45) is 2.34. The number of nitrogens with zero attached hydrogens (tertiary/aromatic N) is 1. The Balaban J connectivity index is 2.07. The van der Waals surface area contributed by atoms with Gasteiger partial charge in [0.1, 0.15) is 0 Å². The number of alkyl halides is 1. The zero-order chi connectivity index (χ0) is 15.8. The molecule has 118 valence electrons. The summed E-state index contributed by atoms with van der Waals surface area (Å²) < 4.78 is 14.9. The SMILES string of the molecule is O=C1NCCCc2c1ccc1c2c2ccccc2n1CCCF. The Bertz CT molecular complexity index is 897. The van der Waals surface area contributed by atoms with E-state index in [0.29, 0.717) is 13.0 Å². The molecule has 3 aromatic rings. The molecule has 1 N–H and O–H groups in total. The third-order valence-corrected chi connectivity index (χ3v) is 4.69. The van der Waals surface area contributed by atoms with Gasteiger partial charge in [-0.25, -0.2) is 0 Å². The smallest absolute Gasteiger partial charge is 0.251 e. The number of hydrogen-bond donors (Lipinski definition) is 1. The second-order valence-electron chi connectivity index (χ2n) is 6.06. The Morgan fingerprint density at radius 1 is 1.13 bits per heavy atom. The van der Waals surface area contributed by atoms with Gasteiger partial charge in [-0.3, -0.25) is 9.18 Å². The Hall–Kier alpha value is -2.36. The number of para-hydroxylation sites is 1. The van der Waals surface area contributed by atoms with Gasteiger partial charge in [-0.15, -0.1) is 0 Å². The summed E-state index contributed by atoms with van der Waals surface area (Å²) in [6, 6.07) is 12.2. The molecule has 2 heterocycles. The van der Waals surface area contributed by atoms with Gasteiger partial charge >= 0.3 is 0 Å². The van der Waals surface area contributed by atoms with Crippen LogP contribution in [-0.4, -0.2) is 23.7 Å². The first kappa shape index (κ1) is 14.2. The van der Waals surface area contributed by atoms with Gasteiger partial charge in [-0.05, 0) is 43.0 Å². The fourth-order valence-electron chi connectivity index (χ4n) is 3.70. The first-order valence-electron chi connectivity index (χ1n) is 8.18. The largest absolute Gasteiger partial charge is 0.352 e. The van der Waals surface area contributed by atoms with Gasteiger partial charge < -0.3 is 9.88 Å². The quantitative estimate of drug-likeness (QED) is 0.784. The van der Waals surface area contributed by atoms with Gasteiger partial charge in [-0.2, -0.15) is 0 Å². The third-order valence-electron chi connectivity index (χ3n) is 4.69. The molecule has 2 aromatic carbocycles. The number of nitrogens with one attached hydrogen (secondary N) is 1. The molecule has 0 saturated heterocycles. The van der Waals surface area contributed by atoms with Crippen LogP contribution in [-0.2, 0) is 13.0 Å². The second-order valence-corrected chi connectivity index (χ2v) is 6.06. The van der Waals surface area contributed by atoms with Gasteiger partial charge in [-0.1, -0.05) is 18.2 Å². The van der Waals surface area contributed by atoms with E-state index in [9.17, 15) is 9.18 Å². The Morgan fingerprint density at radius 3 is 2.87 bits per heavy atom.